The van der Waals surface area contributed by atoms with Crippen LogP contribution in [-0.2, 0) is 4.79 Å². The van der Waals surface area contributed by atoms with E-state index in [1.165, 1.54) is 6.07 Å². The molecule has 0 aromatic heterocycles. The lowest BCUT2D eigenvalue weighted by atomic mass is 10.3. The molecule has 0 atom stereocenters. The van der Waals surface area contributed by atoms with E-state index in [-0.39, 0.29) is 18.1 Å². The monoisotopic (exact) mass is 352 g/mol. The number of halogens is 2. The van der Waals surface area contributed by atoms with Crippen LogP contribution in [-0.4, -0.2) is 19.6 Å². The first-order valence-electron chi connectivity index (χ1n) is 6.22. The molecule has 1 amide bonds. The lowest BCUT2D eigenvalue weighted by Crippen LogP contribution is -2.22. The van der Waals surface area contributed by atoms with Gasteiger partial charge < -0.3 is 15.4 Å². The molecule has 4 nitrogen and oxygen atoms in total. The van der Waals surface area contributed by atoms with Crippen molar-refractivity contribution >= 4 is 33.2 Å². The van der Waals surface area contributed by atoms with Gasteiger partial charge in [-0.25, -0.2) is 4.39 Å². The third-order valence-corrected chi connectivity index (χ3v) is 3.40. The number of amides is 1. The second kappa shape index (κ2) is 7.08. The predicted molar refractivity (Wildman–Crippen MR) is 84.2 cm³/mol. The number of benzene rings is 2. The van der Waals surface area contributed by atoms with Gasteiger partial charge in [-0.3, -0.25) is 4.79 Å². The molecule has 2 aromatic carbocycles. The van der Waals surface area contributed by atoms with Gasteiger partial charge in [0.2, 0.25) is 5.91 Å². The van der Waals surface area contributed by atoms with E-state index >= 15 is 0 Å². The van der Waals surface area contributed by atoms with E-state index in [0.717, 1.165) is 0 Å². The minimum Gasteiger partial charge on any atom is -0.497 e. The van der Waals surface area contributed by atoms with Crippen molar-refractivity contribution in [2.24, 2.45) is 0 Å². The van der Waals surface area contributed by atoms with Gasteiger partial charge in [-0.15, -0.1) is 0 Å². The number of rotatable bonds is 5. The highest BCUT2D eigenvalue weighted by molar-refractivity contribution is 9.10. The average molecular weight is 353 g/mol. The molecule has 0 heterocycles. The summed E-state index contributed by atoms with van der Waals surface area (Å²) in [4.78, 5) is 11.9. The van der Waals surface area contributed by atoms with Gasteiger partial charge in [-0.2, -0.15) is 0 Å². The van der Waals surface area contributed by atoms with Crippen LogP contribution in [0.3, 0.4) is 0 Å². The normalized spacial score (nSPS) is 10.0. The summed E-state index contributed by atoms with van der Waals surface area (Å²) in [7, 11) is 1.55. The third kappa shape index (κ3) is 4.19. The molecule has 110 valence electrons. The minimum absolute atomic E-state index is 0.0449. The van der Waals surface area contributed by atoms with Gasteiger partial charge in [0.15, 0.2) is 0 Å². The lowest BCUT2D eigenvalue weighted by Gasteiger charge is -2.10. The highest BCUT2D eigenvalue weighted by Crippen LogP contribution is 2.24. The van der Waals surface area contributed by atoms with Gasteiger partial charge in [0, 0.05) is 16.2 Å². The van der Waals surface area contributed by atoms with Gasteiger partial charge in [0.25, 0.3) is 0 Å². The van der Waals surface area contributed by atoms with Gasteiger partial charge in [0.05, 0.1) is 19.3 Å². The summed E-state index contributed by atoms with van der Waals surface area (Å²) >= 11 is 3.23. The molecule has 6 heteroatoms. The summed E-state index contributed by atoms with van der Waals surface area (Å²) in [5.41, 5.74) is 0.882. The fraction of sp³-hybridized carbons (Fsp3) is 0.133. The molecule has 2 N–H and O–H groups in total. The molecular weight excluding hydrogens is 339 g/mol. The Morgan fingerprint density at radius 2 is 2.05 bits per heavy atom. The maximum atomic E-state index is 13.6. The molecule has 2 aromatic rings. The number of carbonyl (C=O) groups excluding carboxylic acids is 1. The molecule has 0 saturated heterocycles. The quantitative estimate of drug-likeness (QED) is 0.863. The van der Waals surface area contributed by atoms with E-state index in [1.807, 2.05) is 0 Å². The number of para-hydroxylation sites is 1. The molecule has 0 bridgehead atoms. The van der Waals surface area contributed by atoms with Crippen LogP contribution in [0, 0.1) is 5.82 Å². The van der Waals surface area contributed by atoms with Crippen LogP contribution in [0.25, 0.3) is 0 Å². The van der Waals surface area contributed by atoms with Crippen molar-refractivity contribution in [2.45, 2.75) is 0 Å². The lowest BCUT2D eigenvalue weighted by molar-refractivity contribution is -0.114. The molecule has 0 radical (unpaired) electrons. The molecule has 0 fully saturated rings. The maximum Gasteiger partial charge on any atom is 0.243 e. The molecule has 0 aliphatic heterocycles. The highest BCUT2D eigenvalue weighted by atomic mass is 79.9. The van der Waals surface area contributed by atoms with Gasteiger partial charge in [-0.05, 0) is 40.2 Å². The van der Waals surface area contributed by atoms with Crippen molar-refractivity contribution in [1.82, 2.24) is 0 Å². The molecule has 0 saturated carbocycles. The van der Waals surface area contributed by atoms with Crippen molar-refractivity contribution in [3.63, 3.8) is 0 Å². The molecule has 0 aliphatic carbocycles. The second-order valence-electron chi connectivity index (χ2n) is 4.23. The molecule has 21 heavy (non-hydrogen) atoms. The van der Waals surface area contributed by atoms with Crippen molar-refractivity contribution in [1.29, 1.82) is 0 Å². The van der Waals surface area contributed by atoms with Crippen LogP contribution < -0.4 is 15.4 Å². The first-order valence-corrected chi connectivity index (χ1v) is 7.01. The molecule has 0 unspecified atom stereocenters. The van der Waals surface area contributed by atoms with Crippen molar-refractivity contribution in [3.8, 4) is 5.75 Å². The minimum atomic E-state index is -0.418. The highest BCUT2D eigenvalue weighted by Gasteiger charge is 2.08. The zero-order valence-corrected chi connectivity index (χ0v) is 12.9. The Labute approximate surface area is 130 Å². The Bertz CT molecular complexity index is 629. The SMILES string of the molecule is COc1cccc(NC(=O)CNc2c(F)cccc2Br)c1. The number of anilines is 2. The molecule has 0 aliphatic rings. The van der Waals surface area contributed by atoms with Crippen LogP contribution >= 0.6 is 15.9 Å². The van der Waals surface area contributed by atoms with Crippen molar-refractivity contribution in [3.05, 3.63) is 52.8 Å². The summed E-state index contributed by atoms with van der Waals surface area (Å²) in [6, 6.07) is 11.6. The molecular formula is C15H14BrFN2O2. The van der Waals surface area contributed by atoms with E-state index in [1.54, 1.807) is 43.5 Å². The first-order chi connectivity index (χ1) is 10.1. The second-order valence-corrected chi connectivity index (χ2v) is 5.08. The smallest absolute Gasteiger partial charge is 0.243 e. The first kappa shape index (κ1) is 15.3. The van der Waals surface area contributed by atoms with Crippen LogP contribution in [0.2, 0.25) is 0 Å². The number of hydrogen-bond donors (Lipinski definition) is 2. The number of methoxy groups -OCH3 is 1. The summed E-state index contributed by atoms with van der Waals surface area (Å²) in [5, 5.41) is 5.47. The van der Waals surface area contributed by atoms with E-state index in [9.17, 15) is 9.18 Å². The fourth-order valence-electron chi connectivity index (χ4n) is 1.74. The van der Waals surface area contributed by atoms with Crippen molar-refractivity contribution < 1.29 is 13.9 Å². The number of nitrogens with one attached hydrogen (secondary N) is 2. The maximum absolute atomic E-state index is 13.6. The van der Waals surface area contributed by atoms with Gasteiger partial charge >= 0.3 is 0 Å². The van der Waals surface area contributed by atoms with E-state index in [2.05, 4.69) is 26.6 Å². The third-order valence-electron chi connectivity index (χ3n) is 2.74. The van der Waals surface area contributed by atoms with E-state index < -0.39 is 5.82 Å². The zero-order valence-electron chi connectivity index (χ0n) is 11.3. The number of ether oxygens (including phenoxy) is 1. The molecule has 0 spiro atoms. The van der Waals surface area contributed by atoms with Gasteiger partial charge in [0.1, 0.15) is 11.6 Å². The Kier molecular flexibility index (Phi) is 5.16. The largest absolute Gasteiger partial charge is 0.497 e. The number of hydrogen-bond acceptors (Lipinski definition) is 3. The van der Waals surface area contributed by atoms with Crippen LogP contribution in [0.15, 0.2) is 46.9 Å². The van der Waals surface area contributed by atoms with Crippen LogP contribution in [0.4, 0.5) is 15.8 Å². The number of carbonyl (C=O) groups is 1. The van der Waals surface area contributed by atoms with Gasteiger partial charge in [-0.1, -0.05) is 12.1 Å². The average Bonchev–Trinajstić information content (AvgIpc) is 2.47. The standard InChI is InChI=1S/C15H14BrFN2O2/c1-21-11-5-2-4-10(8-11)19-14(20)9-18-15-12(16)6-3-7-13(15)17/h2-8,18H,9H2,1H3,(H,19,20). The predicted octanol–water partition coefficient (Wildman–Crippen LogP) is 3.65. The summed E-state index contributed by atoms with van der Waals surface area (Å²) in [6.07, 6.45) is 0. The summed E-state index contributed by atoms with van der Waals surface area (Å²) in [6.45, 7) is -0.0449. The van der Waals surface area contributed by atoms with Crippen LogP contribution in [0.1, 0.15) is 0 Å². The Morgan fingerprint density at radius 1 is 1.29 bits per heavy atom. The Morgan fingerprint density at radius 3 is 2.76 bits per heavy atom. The zero-order chi connectivity index (χ0) is 15.2. The van der Waals surface area contributed by atoms with E-state index in [4.69, 9.17) is 4.74 Å². The van der Waals surface area contributed by atoms with E-state index in [0.29, 0.717) is 15.9 Å². The Hall–Kier alpha value is -2.08. The van der Waals surface area contributed by atoms with Crippen molar-refractivity contribution in [2.75, 3.05) is 24.3 Å². The Balaban J connectivity index is 1.96. The summed E-state index contributed by atoms with van der Waals surface area (Å²) < 4.78 is 19.2. The molecule has 2 rings (SSSR count). The summed E-state index contributed by atoms with van der Waals surface area (Å²) in [5.74, 6) is -0.0467. The topological polar surface area (TPSA) is 50.4 Å². The fourth-order valence-corrected chi connectivity index (χ4v) is 2.22. The van der Waals surface area contributed by atoms with Crippen LogP contribution in [0.5, 0.6) is 5.75 Å².